The van der Waals surface area contributed by atoms with E-state index in [1.54, 1.807) is 18.2 Å². The predicted octanol–water partition coefficient (Wildman–Crippen LogP) is 5.29. The van der Waals surface area contributed by atoms with Crippen LogP contribution in [0.15, 0.2) is 274 Å². The van der Waals surface area contributed by atoms with Gasteiger partial charge in [0.15, 0.2) is 0 Å². The molecule has 25 heteroatoms. The number of hydrogen-bond acceptors (Lipinski definition) is 19. The first kappa shape index (κ1) is 94.3. The van der Waals surface area contributed by atoms with E-state index in [1.165, 1.54) is 189 Å². The van der Waals surface area contributed by atoms with Crippen LogP contribution in [-0.2, 0) is 0 Å². The second-order valence-corrected chi connectivity index (χ2v) is 33.1. The van der Waals surface area contributed by atoms with Crippen LogP contribution in [0.3, 0.4) is 0 Å². The van der Waals surface area contributed by atoms with Crippen molar-refractivity contribution in [3.05, 3.63) is 301 Å². The lowest BCUT2D eigenvalue weighted by Crippen LogP contribution is -2.54. The van der Waals surface area contributed by atoms with Gasteiger partial charge in [-0.3, -0.25) is 14.9 Å². The standard InChI is InChI=1S/C19H15O2P.4C12H19N2.C6H4ClNO2.C6H18N4.2C6H5NO2/c20-19(21)17-13-7-8-14-18(17)22(15-9-3-1-4-10-15)16-11-5-2-6-12-16;4*1-14(2)10-8-13(9-11-14)12-6-4-3-5-7-12;7-5-4(6(9)10)2-1-3-8-5;7-1-4-10(5-2-8)6-3-9;8-6(9)5-1-3-7-4-2-5;8-6(9)5-2-1-3-7-4-5/h1-14H,(H,20,21);4*3-7H,8-11H2,1-2H3;1-3H,(H,9,10);1-9H2;2*1-4H,(H,8,9)/q;4*+1;;;;/p-4. The molecule has 10 aromatic rings. The Morgan fingerprint density at radius 3 is 0.905 bits per heavy atom. The maximum Gasteiger partial charge on any atom is 0.138 e. The van der Waals surface area contributed by atoms with Crippen molar-refractivity contribution >= 4 is 82.1 Å². The summed E-state index contributed by atoms with van der Waals surface area (Å²) in [6.45, 7) is 24.1. The highest BCUT2D eigenvalue weighted by Gasteiger charge is 2.28. The molecule has 6 N–H and O–H groups in total. The normalized spacial score (nSPS) is 15.2. The molecule has 0 aliphatic carbocycles. The Labute approximate surface area is 693 Å². The number of carbonyl (C=O) groups is 4. The van der Waals surface area contributed by atoms with E-state index in [4.69, 9.17) is 28.8 Å². The van der Waals surface area contributed by atoms with Crippen molar-refractivity contribution in [1.82, 2.24) is 19.9 Å². The third kappa shape index (κ3) is 34.9. The molecule has 0 unspecified atom stereocenters. The van der Waals surface area contributed by atoms with Gasteiger partial charge in [-0.1, -0.05) is 175 Å². The van der Waals surface area contributed by atoms with E-state index >= 15 is 0 Å². The summed E-state index contributed by atoms with van der Waals surface area (Å²) in [6, 6.07) is 78.6. The number of benzene rings is 7. The monoisotopic (exact) mass is 1620 g/mol. The highest BCUT2D eigenvalue weighted by Crippen LogP contribution is 2.34. The molecule has 4 aliphatic rings. The molecular formula is C91H119ClN15O8P. The molecule has 4 fully saturated rings. The van der Waals surface area contributed by atoms with Crippen molar-refractivity contribution in [2.75, 3.05) is 220 Å². The summed E-state index contributed by atoms with van der Waals surface area (Å²) >= 11 is 5.39. The first-order valence-electron chi connectivity index (χ1n) is 39.2. The molecule has 4 saturated heterocycles. The second kappa shape index (κ2) is 50.1. The van der Waals surface area contributed by atoms with Gasteiger partial charge < -0.3 is 94.3 Å². The highest BCUT2D eigenvalue weighted by atomic mass is 35.5. The number of carboxylic acid groups (broad SMARTS) is 4. The van der Waals surface area contributed by atoms with Gasteiger partial charge in [0.2, 0.25) is 0 Å². The van der Waals surface area contributed by atoms with Crippen molar-refractivity contribution < 1.29 is 57.5 Å². The molecule has 23 nitrogen and oxygen atoms in total. The number of halogens is 1. The molecule has 4 aliphatic heterocycles. The molecule has 0 amide bonds. The number of aromatic nitrogens is 3. The quantitative estimate of drug-likeness (QED) is 0.0592. The van der Waals surface area contributed by atoms with Gasteiger partial charge in [-0.15, -0.1) is 0 Å². The second-order valence-electron chi connectivity index (χ2n) is 30.5. The highest BCUT2D eigenvalue weighted by molar-refractivity contribution is 7.80. The number of nitrogens with two attached hydrogens (primary N) is 3. The van der Waals surface area contributed by atoms with Gasteiger partial charge in [0, 0.05) is 115 Å². The van der Waals surface area contributed by atoms with Gasteiger partial charge in [0.1, 0.15) is 5.15 Å². The molecule has 0 bridgehead atoms. The van der Waals surface area contributed by atoms with Crippen molar-refractivity contribution in [2.45, 2.75) is 0 Å². The number of hydrogen-bond donors (Lipinski definition) is 3. The molecule has 0 atom stereocenters. The zero-order valence-corrected chi connectivity index (χ0v) is 70.4. The summed E-state index contributed by atoms with van der Waals surface area (Å²) in [4.78, 5) is 64.6. The molecule has 618 valence electrons. The van der Waals surface area contributed by atoms with Gasteiger partial charge in [-0.2, -0.15) is 0 Å². The van der Waals surface area contributed by atoms with Crippen LogP contribution in [-0.4, -0.2) is 262 Å². The summed E-state index contributed by atoms with van der Waals surface area (Å²) in [7, 11) is 17.5. The van der Waals surface area contributed by atoms with Crippen molar-refractivity contribution in [3.8, 4) is 0 Å². The minimum absolute atomic E-state index is 0.0394. The van der Waals surface area contributed by atoms with Gasteiger partial charge in [-0.05, 0) is 103 Å². The van der Waals surface area contributed by atoms with E-state index in [9.17, 15) is 39.6 Å². The smallest absolute Gasteiger partial charge is 0.138 e. The minimum Gasteiger partial charge on any atom is -0.545 e. The number of piperazine rings is 4. The van der Waals surface area contributed by atoms with Crippen LogP contribution in [0.5, 0.6) is 0 Å². The van der Waals surface area contributed by atoms with E-state index in [0.29, 0.717) is 19.6 Å². The number of nitrogens with zero attached hydrogens (tertiary/aromatic N) is 12. The number of pyridine rings is 3. The maximum absolute atomic E-state index is 11.5. The van der Waals surface area contributed by atoms with Crippen molar-refractivity contribution in [2.24, 2.45) is 17.2 Å². The Morgan fingerprint density at radius 1 is 0.353 bits per heavy atom. The number of para-hydroxylation sites is 4. The Morgan fingerprint density at radius 2 is 0.647 bits per heavy atom. The molecule has 7 aromatic carbocycles. The molecule has 0 radical (unpaired) electrons. The number of likely N-dealkylation sites (N-methyl/N-ethyl adjacent to an activating group) is 4. The van der Waals surface area contributed by atoms with E-state index < -0.39 is 31.8 Å². The summed E-state index contributed by atoms with van der Waals surface area (Å²) in [5.74, 6) is -4.80. The van der Waals surface area contributed by atoms with Gasteiger partial charge in [0.05, 0.1) is 185 Å². The summed E-state index contributed by atoms with van der Waals surface area (Å²) in [5, 5.41) is 44.8. The van der Waals surface area contributed by atoms with Gasteiger partial charge in [0.25, 0.3) is 0 Å². The Bertz CT molecular complexity index is 4010. The number of rotatable bonds is 17. The summed E-state index contributed by atoms with van der Waals surface area (Å²) in [6.07, 6.45) is 6.98. The van der Waals surface area contributed by atoms with E-state index in [1.807, 2.05) is 72.8 Å². The SMILES string of the molecule is C[N+]1(C)CCN(c2ccccc2)CC1.C[N+]1(C)CCN(c2ccccc2)CC1.C[N+]1(C)CCN(c2ccccc2)CC1.C[N+]1(C)CCN(c2ccccc2)CC1.NCCN(CCN)CCN.O=C([O-])c1ccccc1P(c1ccccc1)c1ccccc1.O=C([O-])c1cccnc1.O=C([O-])c1cccnc1Cl.O=C([O-])c1ccncc1. The lowest BCUT2D eigenvalue weighted by atomic mass is 10.2. The molecule has 14 rings (SSSR count). The van der Waals surface area contributed by atoms with Crippen LogP contribution >= 0.6 is 19.5 Å². The van der Waals surface area contributed by atoms with Crippen LogP contribution in [0.1, 0.15) is 41.4 Å². The Hall–Kier alpha value is -10.5. The van der Waals surface area contributed by atoms with Crippen LogP contribution in [0.2, 0.25) is 5.15 Å². The number of aromatic carboxylic acids is 4. The molecule has 116 heavy (non-hydrogen) atoms. The predicted molar refractivity (Wildman–Crippen MR) is 466 cm³/mol. The Kier molecular flexibility index (Phi) is 40.7. The fourth-order valence-corrected chi connectivity index (χ4v) is 15.1. The molecule has 0 saturated carbocycles. The summed E-state index contributed by atoms with van der Waals surface area (Å²) in [5.41, 5.74) is 22.0. The zero-order valence-electron chi connectivity index (χ0n) is 68.7. The first-order valence-corrected chi connectivity index (χ1v) is 40.9. The van der Waals surface area contributed by atoms with Crippen molar-refractivity contribution in [1.29, 1.82) is 0 Å². The average molecular weight is 1620 g/mol. The topological polar surface area (TPSA) is 293 Å². The van der Waals surface area contributed by atoms with Gasteiger partial charge >= 0.3 is 0 Å². The largest absolute Gasteiger partial charge is 0.545 e. The minimum atomic E-state index is -1.31. The third-order valence-electron chi connectivity index (χ3n) is 19.8. The van der Waals surface area contributed by atoms with Crippen LogP contribution in [0.25, 0.3) is 0 Å². The molecule has 3 aromatic heterocycles. The van der Waals surface area contributed by atoms with Gasteiger partial charge in [-0.25, -0.2) is 4.98 Å². The number of quaternary nitrogens is 4. The number of anilines is 4. The van der Waals surface area contributed by atoms with Crippen molar-refractivity contribution in [3.63, 3.8) is 0 Å². The lowest BCUT2D eigenvalue weighted by molar-refractivity contribution is -0.890. The lowest BCUT2D eigenvalue weighted by Gasteiger charge is -2.40. The average Bonchev–Trinajstić information content (AvgIpc) is 0.791. The fraction of sp³-hybridized carbons (Fsp3) is 0.330. The molecular weight excluding hydrogens is 1500 g/mol. The molecule has 7 heterocycles. The number of carbonyl (C=O) groups excluding carboxylic acids is 4. The van der Waals surface area contributed by atoms with Crippen LogP contribution in [0.4, 0.5) is 22.7 Å². The van der Waals surface area contributed by atoms with E-state index in [-0.39, 0.29) is 27.4 Å². The number of carboxylic acids is 4. The van der Waals surface area contributed by atoms with Crippen LogP contribution in [0, 0.1) is 0 Å². The zero-order chi connectivity index (χ0) is 84.2. The summed E-state index contributed by atoms with van der Waals surface area (Å²) < 4.78 is 4.62. The Balaban J connectivity index is 0.000000206. The fourth-order valence-electron chi connectivity index (χ4n) is 12.4. The maximum atomic E-state index is 11.5. The first-order chi connectivity index (χ1) is 55.6. The third-order valence-corrected chi connectivity index (χ3v) is 22.6. The van der Waals surface area contributed by atoms with E-state index in [0.717, 1.165) is 53.5 Å². The molecule has 0 spiro atoms. The van der Waals surface area contributed by atoms with E-state index in [2.05, 4.69) is 217 Å². The van der Waals surface area contributed by atoms with Crippen LogP contribution < -0.4 is 73.1 Å².